The van der Waals surface area contributed by atoms with Crippen LogP contribution in [-0.2, 0) is 26.5 Å². The van der Waals surface area contributed by atoms with E-state index in [1.54, 1.807) is 4.40 Å². The molecule has 2 aromatic carbocycles. The fraction of sp³-hybridized carbons (Fsp3) is 0.341. The molecular weight excluding hydrogens is 815 g/mol. The van der Waals surface area contributed by atoms with Gasteiger partial charge in [0.25, 0.3) is 0 Å². The molecule has 0 unspecified atom stereocenters. The van der Waals surface area contributed by atoms with Gasteiger partial charge in [0.1, 0.15) is 0 Å². The maximum absolute atomic E-state index is 6.12. The quantitative estimate of drug-likeness (QED) is 0.124. The van der Waals surface area contributed by atoms with Crippen molar-refractivity contribution in [2.45, 2.75) is 82.5 Å². The second-order valence-corrected chi connectivity index (χ2v) is 24.7. The Bertz CT molecular complexity index is 1940. The van der Waals surface area contributed by atoms with E-state index in [2.05, 4.69) is 89.7 Å². The zero-order chi connectivity index (χ0) is 32.3. The van der Waals surface area contributed by atoms with Gasteiger partial charge in [0.2, 0.25) is 5.71 Å². The largest absolute Gasteiger partial charge is 0.486 e. The van der Waals surface area contributed by atoms with Crippen LogP contribution in [0.1, 0.15) is 68.7 Å². The van der Waals surface area contributed by atoms with Crippen molar-refractivity contribution in [2.75, 3.05) is 0 Å². The van der Waals surface area contributed by atoms with E-state index in [-0.39, 0.29) is 20.1 Å². The molecule has 1 aliphatic carbocycles. The number of fused-ring (bicyclic) bond motifs is 3. The van der Waals surface area contributed by atoms with Gasteiger partial charge in [-0.05, 0) is 49.6 Å². The molecule has 4 nitrogen and oxygen atoms in total. The number of nitrogens with zero attached hydrogens (tertiary/aromatic N) is 3. The van der Waals surface area contributed by atoms with E-state index in [0.29, 0.717) is 17.5 Å². The predicted octanol–water partition coefficient (Wildman–Crippen LogP) is 10.5. The summed E-state index contributed by atoms with van der Waals surface area (Å²) in [6.07, 6.45) is 11.8. The molecule has 245 valence electrons. The van der Waals surface area contributed by atoms with Crippen LogP contribution in [0.15, 0.2) is 83.5 Å². The molecular formula is C41H45GeIrN3O-2. The van der Waals surface area contributed by atoms with Crippen molar-refractivity contribution in [3.8, 4) is 22.5 Å². The maximum Gasteiger partial charge on any atom is 0.216 e. The number of benzene rings is 2. The minimum Gasteiger partial charge on any atom is -0.486 e. The van der Waals surface area contributed by atoms with E-state index >= 15 is 0 Å². The molecule has 4 aromatic heterocycles. The number of aromatic nitrogens is 3. The van der Waals surface area contributed by atoms with Gasteiger partial charge in [0.05, 0.1) is 5.58 Å². The summed E-state index contributed by atoms with van der Waals surface area (Å²) in [6, 6.07) is 29.5. The van der Waals surface area contributed by atoms with Crippen molar-refractivity contribution < 1.29 is 24.5 Å². The van der Waals surface area contributed by atoms with Crippen LogP contribution in [0.4, 0.5) is 0 Å². The second-order valence-electron chi connectivity index (χ2n) is 14.2. The first-order valence-electron chi connectivity index (χ1n) is 16.8. The van der Waals surface area contributed by atoms with Gasteiger partial charge in [-0.25, -0.2) is 4.98 Å². The first-order valence-corrected chi connectivity index (χ1v) is 24.1. The molecule has 1 fully saturated rings. The van der Waals surface area contributed by atoms with E-state index in [1.165, 1.54) is 43.2 Å². The molecule has 0 spiro atoms. The summed E-state index contributed by atoms with van der Waals surface area (Å²) in [6.45, 7) is 6.55. The van der Waals surface area contributed by atoms with Gasteiger partial charge in [-0.3, -0.25) is 0 Å². The summed E-state index contributed by atoms with van der Waals surface area (Å²) in [5.41, 5.74) is 9.37. The molecule has 0 bridgehead atoms. The summed E-state index contributed by atoms with van der Waals surface area (Å²) < 4.78 is 7.66. The molecule has 47 heavy (non-hydrogen) atoms. The third-order valence-electron chi connectivity index (χ3n) is 8.97. The minimum atomic E-state index is -1.86. The van der Waals surface area contributed by atoms with E-state index in [0.717, 1.165) is 51.0 Å². The Morgan fingerprint density at radius 1 is 0.872 bits per heavy atom. The number of hydrogen-bond acceptors (Lipinski definition) is 4. The smallest absolute Gasteiger partial charge is 0.216 e. The molecule has 4 heterocycles. The van der Waals surface area contributed by atoms with Crippen molar-refractivity contribution >= 4 is 39.7 Å². The minimum absolute atomic E-state index is 0. The van der Waals surface area contributed by atoms with Crippen LogP contribution in [-0.4, -0.2) is 28.2 Å². The molecule has 0 saturated heterocycles. The van der Waals surface area contributed by atoms with Gasteiger partial charge in [-0.1, -0.05) is 41.8 Å². The Kier molecular flexibility index (Phi) is 11.5. The number of rotatable bonds is 6. The summed E-state index contributed by atoms with van der Waals surface area (Å²) in [5, 5.41) is 2.12. The molecule has 7 rings (SSSR count). The Labute approximate surface area is 296 Å². The summed E-state index contributed by atoms with van der Waals surface area (Å²) >= 11 is -1.86. The molecule has 1 saturated carbocycles. The molecule has 1 radical (unpaired) electrons. The third kappa shape index (κ3) is 8.31. The third-order valence-corrected chi connectivity index (χ3v) is 13.3. The topological polar surface area (TPSA) is 51.8 Å². The second kappa shape index (κ2) is 15.4. The van der Waals surface area contributed by atoms with Gasteiger partial charge >= 0.3 is 126 Å². The van der Waals surface area contributed by atoms with Crippen LogP contribution < -0.4 is 4.40 Å². The van der Waals surface area contributed by atoms with Crippen LogP contribution in [0.2, 0.25) is 17.3 Å². The van der Waals surface area contributed by atoms with Gasteiger partial charge < -0.3 is 9.40 Å². The monoisotopic (exact) mass is 862 g/mol. The van der Waals surface area contributed by atoms with Crippen LogP contribution in [0.3, 0.4) is 0 Å². The van der Waals surface area contributed by atoms with Gasteiger partial charge in [-0.2, -0.15) is 0 Å². The first-order chi connectivity index (χ1) is 22.2. The number of aryl methyl sites for hydroxylation is 1. The first kappa shape index (κ1) is 35.2. The molecule has 0 N–H and O–H groups in total. The van der Waals surface area contributed by atoms with E-state index in [1.807, 2.05) is 49.5 Å². The summed E-state index contributed by atoms with van der Waals surface area (Å²) in [7, 11) is 0. The predicted molar refractivity (Wildman–Crippen MR) is 194 cm³/mol. The van der Waals surface area contributed by atoms with Crippen molar-refractivity contribution in [1.82, 2.24) is 15.0 Å². The van der Waals surface area contributed by atoms with Gasteiger partial charge in [0.15, 0.2) is 0 Å². The Balaban J connectivity index is 0.000000188. The van der Waals surface area contributed by atoms with Gasteiger partial charge in [0, 0.05) is 37.4 Å². The zero-order valence-corrected chi connectivity index (χ0v) is 33.0. The number of pyridine rings is 3. The van der Waals surface area contributed by atoms with Crippen molar-refractivity contribution in [1.29, 1.82) is 0 Å². The molecule has 0 amide bonds. The molecule has 0 aliphatic heterocycles. The summed E-state index contributed by atoms with van der Waals surface area (Å²) in [5.74, 6) is 8.65. The molecule has 0 atom stereocenters. The van der Waals surface area contributed by atoms with Crippen molar-refractivity contribution in [2.24, 2.45) is 5.92 Å². The van der Waals surface area contributed by atoms with Gasteiger partial charge in [-0.15, -0.1) is 18.2 Å². The SMILES string of the molecule is CC(C)Cc1cc(-c2[c-]cccc2)nc[c]1[Ge]([CH3])([CH3])[CH3].Cc1ccc2c(n1)oc1c(-c3cc(C4CCCCC4)ccn3)[c-]ccc12.[Ir]. The Morgan fingerprint density at radius 2 is 1.68 bits per heavy atom. The Morgan fingerprint density at radius 3 is 2.40 bits per heavy atom. The van der Waals surface area contributed by atoms with Crippen LogP contribution in [0, 0.1) is 25.0 Å². The Hall–Kier alpha value is -3.12. The summed E-state index contributed by atoms with van der Waals surface area (Å²) in [4.78, 5) is 13.9. The normalized spacial score (nSPS) is 13.8. The fourth-order valence-electron chi connectivity index (χ4n) is 6.66. The van der Waals surface area contributed by atoms with Crippen LogP contribution >= 0.6 is 0 Å². The molecule has 6 aromatic rings. The number of furan rings is 1. The van der Waals surface area contributed by atoms with Crippen LogP contribution in [0.5, 0.6) is 0 Å². The average Bonchev–Trinajstić information content (AvgIpc) is 3.43. The van der Waals surface area contributed by atoms with E-state index < -0.39 is 13.3 Å². The van der Waals surface area contributed by atoms with Crippen molar-refractivity contribution in [3.05, 3.63) is 108 Å². The zero-order valence-electron chi connectivity index (χ0n) is 28.5. The average molecular weight is 861 g/mol. The molecule has 6 heteroatoms. The fourth-order valence-corrected chi connectivity index (χ4v) is 9.99. The van der Waals surface area contributed by atoms with E-state index in [4.69, 9.17) is 9.40 Å². The van der Waals surface area contributed by atoms with Crippen LogP contribution in [0.25, 0.3) is 44.6 Å². The maximum atomic E-state index is 6.12. The molecule has 1 aliphatic rings. The number of hydrogen-bond donors (Lipinski definition) is 0. The van der Waals surface area contributed by atoms with Crippen molar-refractivity contribution in [3.63, 3.8) is 0 Å². The van der Waals surface area contributed by atoms with E-state index in [9.17, 15) is 0 Å². The standard InChI is InChI=1S/C23H21N2O.C18H24GeN.Ir/c1-15-10-11-19-18-8-5-9-20(22(18)26-23(19)25-15)21-14-17(12-13-24-21)16-6-3-2-4-7-16;1-14(2)11-16-12-18(15-9-7-6-8-10-15)20-13-17(16)19(3,4)5;/h5,8,10-14,16H,2-4,6-7H2,1H3;6-9,12-14H,11H2,1-5H3;/q2*-1;.